The fraction of sp³-hybridized carbons (Fsp3) is 0. The molecule has 0 bridgehead atoms. The third-order valence-corrected chi connectivity index (χ3v) is 3.81. The van der Waals surface area contributed by atoms with E-state index in [4.69, 9.17) is 11.6 Å². The first kappa shape index (κ1) is 13.6. The Kier molecular flexibility index (Phi) is 4.43. The summed E-state index contributed by atoms with van der Waals surface area (Å²) in [5, 5.41) is 3.28. The summed E-state index contributed by atoms with van der Waals surface area (Å²) in [6.45, 7) is 0. The molecule has 0 spiro atoms. The predicted molar refractivity (Wildman–Crippen MR) is 81.2 cm³/mol. The van der Waals surface area contributed by atoms with Gasteiger partial charge in [-0.1, -0.05) is 39.7 Å². The largest absolute Gasteiger partial charge is 0.321 e. The van der Waals surface area contributed by atoms with E-state index in [1.807, 2.05) is 24.3 Å². The fourth-order valence-corrected chi connectivity index (χ4v) is 2.42. The standard InChI is InChI=1S/C13H8Br2ClNO/c14-8-5-6-11(16)12(7-8)17-13(18)9-3-1-2-4-10(9)15/h1-7H,(H,17,18). The predicted octanol–water partition coefficient (Wildman–Crippen LogP) is 5.12. The molecule has 0 heterocycles. The van der Waals surface area contributed by atoms with Crippen LogP contribution in [0.25, 0.3) is 0 Å². The number of anilines is 1. The first-order valence-electron chi connectivity index (χ1n) is 5.09. The molecule has 0 atom stereocenters. The molecular weight excluding hydrogens is 381 g/mol. The molecule has 92 valence electrons. The molecule has 0 unspecified atom stereocenters. The van der Waals surface area contributed by atoms with Crippen LogP contribution in [0.1, 0.15) is 10.4 Å². The molecule has 2 rings (SSSR count). The van der Waals surface area contributed by atoms with E-state index in [0.717, 1.165) is 8.95 Å². The minimum atomic E-state index is -0.206. The average Bonchev–Trinajstić information content (AvgIpc) is 2.34. The summed E-state index contributed by atoms with van der Waals surface area (Å²) in [5.41, 5.74) is 1.14. The lowest BCUT2D eigenvalue weighted by molar-refractivity contribution is 0.102. The first-order valence-corrected chi connectivity index (χ1v) is 7.05. The van der Waals surface area contributed by atoms with Crippen molar-refractivity contribution in [1.29, 1.82) is 0 Å². The second-order valence-corrected chi connectivity index (χ2v) is 5.74. The van der Waals surface area contributed by atoms with E-state index in [-0.39, 0.29) is 5.91 Å². The molecular formula is C13H8Br2ClNO. The van der Waals surface area contributed by atoms with Crippen molar-refractivity contribution in [1.82, 2.24) is 0 Å². The van der Waals surface area contributed by atoms with E-state index in [9.17, 15) is 4.79 Å². The highest BCUT2D eigenvalue weighted by atomic mass is 79.9. The van der Waals surface area contributed by atoms with Crippen molar-refractivity contribution in [2.45, 2.75) is 0 Å². The van der Waals surface area contributed by atoms with Crippen LogP contribution < -0.4 is 5.32 Å². The van der Waals surface area contributed by atoms with Crippen LogP contribution in [0, 0.1) is 0 Å². The number of carbonyl (C=O) groups is 1. The Labute approximate surface area is 127 Å². The second kappa shape index (κ2) is 5.87. The molecule has 2 aromatic rings. The van der Waals surface area contributed by atoms with E-state index in [1.54, 1.807) is 18.2 Å². The lowest BCUT2D eigenvalue weighted by Crippen LogP contribution is -2.12. The Bertz CT molecular complexity index is 601. The Morgan fingerprint density at radius 1 is 1.11 bits per heavy atom. The van der Waals surface area contributed by atoms with Crippen molar-refractivity contribution in [3.8, 4) is 0 Å². The summed E-state index contributed by atoms with van der Waals surface area (Å²) in [6, 6.07) is 12.5. The summed E-state index contributed by atoms with van der Waals surface area (Å²) in [5.74, 6) is -0.206. The van der Waals surface area contributed by atoms with Crippen LogP contribution in [-0.2, 0) is 0 Å². The molecule has 18 heavy (non-hydrogen) atoms. The number of hydrogen-bond donors (Lipinski definition) is 1. The Hall–Kier alpha value is -0.840. The van der Waals surface area contributed by atoms with E-state index in [0.29, 0.717) is 16.3 Å². The van der Waals surface area contributed by atoms with Crippen molar-refractivity contribution >= 4 is 55.1 Å². The monoisotopic (exact) mass is 387 g/mol. The zero-order valence-corrected chi connectivity index (χ0v) is 13.0. The molecule has 2 aromatic carbocycles. The topological polar surface area (TPSA) is 29.1 Å². The smallest absolute Gasteiger partial charge is 0.256 e. The molecule has 0 saturated heterocycles. The van der Waals surface area contributed by atoms with Gasteiger partial charge in [-0.3, -0.25) is 4.79 Å². The molecule has 0 saturated carbocycles. The normalized spacial score (nSPS) is 10.2. The van der Waals surface area contributed by atoms with Crippen molar-refractivity contribution in [3.63, 3.8) is 0 Å². The van der Waals surface area contributed by atoms with Crippen LogP contribution in [0.5, 0.6) is 0 Å². The summed E-state index contributed by atoms with van der Waals surface area (Å²) in [6.07, 6.45) is 0. The lowest BCUT2D eigenvalue weighted by atomic mass is 10.2. The van der Waals surface area contributed by atoms with Crippen LogP contribution in [0.2, 0.25) is 5.02 Å². The highest BCUT2D eigenvalue weighted by Crippen LogP contribution is 2.27. The SMILES string of the molecule is O=C(Nc1cc(Br)ccc1Cl)c1ccccc1Br. The summed E-state index contributed by atoms with van der Waals surface area (Å²) >= 11 is 12.7. The minimum Gasteiger partial charge on any atom is -0.321 e. The van der Waals surface area contributed by atoms with Gasteiger partial charge in [0.2, 0.25) is 0 Å². The number of nitrogens with one attached hydrogen (secondary N) is 1. The Morgan fingerprint density at radius 2 is 1.83 bits per heavy atom. The van der Waals surface area contributed by atoms with Gasteiger partial charge in [0.1, 0.15) is 0 Å². The van der Waals surface area contributed by atoms with Gasteiger partial charge in [-0.2, -0.15) is 0 Å². The van der Waals surface area contributed by atoms with E-state index < -0.39 is 0 Å². The molecule has 2 nitrogen and oxygen atoms in total. The molecule has 1 N–H and O–H groups in total. The summed E-state index contributed by atoms with van der Waals surface area (Å²) in [7, 11) is 0. The molecule has 0 aromatic heterocycles. The van der Waals surface area contributed by atoms with Gasteiger partial charge in [0.05, 0.1) is 16.3 Å². The van der Waals surface area contributed by atoms with Crippen molar-refractivity contribution in [2.24, 2.45) is 0 Å². The number of hydrogen-bond acceptors (Lipinski definition) is 1. The van der Waals surface area contributed by atoms with Crippen molar-refractivity contribution < 1.29 is 4.79 Å². The maximum absolute atomic E-state index is 12.1. The van der Waals surface area contributed by atoms with Gasteiger partial charge in [-0.25, -0.2) is 0 Å². The first-order chi connectivity index (χ1) is 8.58. The molecule has 0 fully saturated rings. The Morgan fingerprint density at radius 3 is 2.56 bits per heavy atom. The number of amides is 1. The molecule has 5 heteroatoms. The van der Waals surface area contributed by atoms with Gasteiger partial charge < -0.3 is 5.32 Å². The Balaban J connectivity index is 2.27. The third-order valence-electron chi connectivity index (χ3n) is 2.30. The van der Waals surface area contributed by atoms with Gasteiger partial charge in [0, 0.05) is 8.95 Å². The zero-order chi connectivity index (χ0) is 13.1. The van der Waals surface area contributed by atoms with E-state index in [1.165, 1.54) is 0 Å². The van der Waals surface area contributed by atoms with Crippen LogP contribution in [0.15, 0.2) is 51.4 Å². The van der Waals surface area contributed by atoms with E-state index >= 15 is 0 Å². The molecule has 0 aliphatic heterocycles. The van der Waals surface area contributed by atoms with Crippen LogP contribution in [0.3, 0.4) is 0 Å². The number of carbonyl (C=O) groups excluding carboxylic acids is 1. The van der Waals surface area contributed by atoms with Gasteiger partial charge in [0.15, 0.2) is 0 Å². The third kappa shape index (κ3) is 3.13. The van der Waals surface area contributed by atoms with Crippen molar-refractivity contribution in [3.05, 3.63) is 62.0 Å². The van der Waals surface area contributed by atoms with Gasteiger partial charge in [0.25, 0.3) is 5.91 Å². The molecule has 0 aliphatic carbocycles. The number of benzene rings is 2. The van der Waals surface area contributed by atoms with E-state index in [2.05, 4.69) is 37.2 Å². The highest BCUT2D eigenvalue weighted by Gasteiger charge is 2.11. The lowest BCUT2D eigenvalue weighted by Gasteiger charge is -2.08. The zero-order valence-electron chi connectivity index (χ0n) is 9.08. The van der Waals surface area contributed by atoms with Crippen LogP contribution >= 0.6 is 43.5 Å². The highest BCUT2D eigenvalue weighted by molar-refractivity contribution is 9.10. The number of halogens is 3. The van der Waals surface area contributed by atoms with Crippen LogP contribution in [-0.4, -0.2) is 5.91 Å². The average molecular weight is 389 g/mol. The minimum absolute atomic E-state index is 0.206. The van der Waals surface area contributed by atoms with Gasteiger partial charge >= 0.3 is 0 Å². The van der Waals surface area contributed by atoms with Crippen LogP contribution in [0.4, 0.5) is 5.69 Å². The summed E-state index contributed by atoms with van der Waals surface area (Å²) in [4.78, 5) is 12.1. The fourth-order valence-electron chi connectivity index (χ4n) is 1.43. The second-order valence-electron chi connectivity index (χ2n) is 3.56. The summed E-state index contributed by atoms with van der Waals surface area (Å²) < 4.78 is 1.60. The van der Waals surface area contributed by atoms with Gasteiger partial charge in [-0.05, 0) is 46.3 Å². The molecule has 1 amide bonds. The molecule has 0 aliphatic rings. The maximum atomic E-state index is 12.1. The quantitative estimate of drug-likeness (QED) is 0.759. The van der Waals surface area contributed by atoms with Crippen molar-refractivity contribution in [2.75, 3.05) is 5.32 Å². The molecule has 0 radical (unpaired) electrons. The number of rotatable bonds is 2. The van der Waals surface area contributed by atoms with Gasteiger partial charge in [-0.15, -0.1) is 0 Å². The maximum Gasteiger partial charge on any atom is 0.256 e.